The van der Waals surface area contributed by atoms with Gasteiger partial charge in [-0.1, -0.05) is 41.4 Å². The number of carbonyl (C=O) groups is 3. The van der Waals surface area contributed by atoms with Gasteiger partial charge in [0.15, 0.2) is 5.11 Å². The van der Waals surface area contributed by atoms with Crippen LogP contribution >= 0.6 is 23.8 Å². The fraction of sp³-hybridized carbons (Fsp3) is 0.158. The summed E-state index contributed by atoms with van der Waals surface area (Å²) in [4.78, 5) is 35.8. The van der Waals surface area contributed by atoms with E-state index in [4.69, 9.17) is 23.8 Å². The highest BCUT2D eigenvalue weighted by Crippen LogP contribution is 2.20. The maximum atomic E-state index is 12.1. The molecular weight excluding hydrogens is 400 g/mol. The van der Waals surface area contributed by atoms with E-state index in [2.05, 4.69) is 21.5 Å². The molecule has 0 bridgehead atoms. The summed E-state index contributed by atoms with van der Waals surface area (Å²) >= 11 is 10.9. The van der Waals surface area contributed by atoms with E-state index in [1.807, 2.05) is 13.0 Å². The van der Waals surface area contributed by atoms with Gasteiger partial charge in [0, 0.05) is 18.4 Å². The van der Waals surface area contributed by atoms with Gasteiger partial charge in [0.1, 0.15) is 0 Å². The first-order valence-corrected chi connectivity index (χ1v) is 9.15. The van der Waals surface area contributed by atoms with E-state index >= 15 is 0 Å². The summed E-state index contributed by atoms with van der Waals surface area (Å²) in [7, 11) is 0. The largest absolute Gasteiger partial charge is 0.325 e. The van der Waals surface area contributed by atoms with Crippen molar-refractivity contribution in [3.8, 4) is 0 Å². The van der Waals surface area contributed by atoms with Crippen LogP contribution in [-0.4, -0.2) is 22.8 Å². The van der Waals surface area contributed by atoms with Gasteiger partial charge in [0.25, 0.3) is 5.91 Å². The Kier molecular flexibility index (Phi) is 7.91. The lowest BCUT2D eigenvalue weighted by molar-refractivity contribution is -0.124. The molecule has 3 amide bonds. The average Bonchev–Trinajstić information content (AvgIpc) is 2.66. The molecule has 0 radical (unpaired) electrons. The predicted octanol–water partition coefficient (Wildman–Crippen LogP) is 2.70. The second-order valence-corrected chi connectivity index (χ2v) is 6.67. The van der Waals surface area contributed by atoms with Gasteiger partial charge < -0.3 is 5.32 Å². The minimum atomic E-state index is -0.457. The van der Waals surface area contributed by atoms with Crippen molar-refractivity contribution < 1.29 is 14.4 Å². The van der Waals surface area contributed by atoms with Crippen LogP contribution in [0.2, 0.25) is 5.02 Å². The molecule has 4 N–H and O–H groups in total. The van der Waals surface area contributed by atoms with Gasteiger partial charge in [0.2, 0.25) is 11.8 Å². The quantitative estimate of drug-likeness (QED) is 0.442. The number of amides is 3. The molecular formula is C19H19ClN4O3S. The lowest BCUT2D eigenvalue weighted by Crippen LogP contribution is -2.48. The van der Waals surface area contributed by atoms with Gasteiger partial charge in [0.05, 0.1) is 10.7 Å². The number of hydrogen-bond acceptors (Lipinski definition) is 4. The summed E-state index contributed by atoms with van der Waals surface area (Å²) in [5.41, 5.74) is 6.63. The van der Waals surface area contributed by atoms with Crippen LogP contribution < -0.4 is 21.5 Å². The van der Waals surface area contributed by atoms with Crippen molar-refractivity contribution in [2.75, 3.05) is 5.32 Å². The number of halogens is 1. The molecule has 2 rings (SSSR count). The zero-order valence-electron chi connectivity index (χ0n) is 15.0. The van der Waals surface area contributed by atoms with Crippen LogP contribution in [0.4, 0.5) is 5.69 Å². The SMILES string of the molecule is Cc1cccc(C(=O)NC(=S)NNC(=O)CCC(=O)Nc2ccccc2Cl)c1. The molecule has 0 spiro atoms. The maximum absolute atomic E-state index is 12.1. The molecule has 9 heteroatoms. The Bertz CT molecular complexity index is 904. The summed E-state index contributed by atoms with van der Waals surface area (Å²) < 4.78 is 0. The number of hydrazine groups is 1. The Morgan fingerprint density at radius 3 is 2.39 bits per heavy atom. The average molecular weight is 419 g/mol. The number of anilines is 1. The third-order valence-electron chi connectivity index (χ3n) is 3.55. The highest BCUT2D eigenvalue weighted by molar-refractivity contribution is 7.80. The zero-order valence-corrected chi connectivity index (χ0v) is 16.6. The Labute approximate surface area is 172 Å². The summed E-state index contributed by atoms with van der Waals surface area (Å²) in [6.45, 7) is 1.87. The van der Waals surface area contributed by atoms with E-state index in [0.717, 1.165) is 5.56 Å². The third-order valence-corrected chi connectivity index (χ3v) is 4.08. The van der Waals surface area contributed by atoms with Crippen LogP contribution in [0.5, 0.6) is 0 Å². The molecule has 0 atom stereocenters. The van der Waals surface area contributed by atoms with Gasteiger partial charge in [-0.15, -0.1) is 0 Å². The second-order valence-electron chi connectivity index (χ2n) is 5.85. The molecule has 0 saturated heterocycles. The molecule has 0 heterocycles. The fourth-order valence-electron chi connectivity index (χ4n) is 2.18. The smallest absolute Gasteiger partial charge is 0.257 e. The molecule has 146 valence electrons. The Morgan fingerprint density at radius 1 is 0.964 bits per heavy atom. The van der Waals surface area contributed by atoms with E-state index in [1.165, 1.54) is 0 Å². The van der Waals surface area contributed by atoms with E-state index in [-0.39, 0.29) is 23.9 Å². The molecule has 0 unspecified atom stereocenters. The minimum Gasteiger partial charge on any atom is -0.325 e. The van der Waals surface area contributed by atoms with Gasteiger partial charge in [-0.3, -0.25) is 30.6 Å². The summed E-state index contributed by atoms with van der Waals surface area (Å²) in [5, 5.41) is 5.44. The first kappa shape index (κ1) is 21.3. The van der Waals surface area contributed by atoms with E-state index in [9.17, 15) is 14.4 Å². The van der Waals surface area contributed by atoms with Gasteiger partial charge in [-0.2, -0.15) is 0 Å². The zero-order chi connectivity index (χ0) is 20.5. The number of nitrogens with one attached hydrogen (secondary N) is 4. The number of thiocarbonyl (C=S) groups is 1. The van der Waals surface area contributed by atoms with E-state index < -0.39 is 11.8 Å². The summed E-state index contributed by atoms with van der Waals surface area (Å²) in [6, 6.07) is 13.8. The fourth-order valence-corrected chi connectivity index (χ4v) is 2.51. The van der Waals surface area contributed by atoms with Crippen molar-refractivity contribution >= 4 is 52.3 Å². The van der Waals surface area contributed by atoms with Crippen LogP contribution in [-0.2, 0) is 9.59 Å². The molecule has 0 fully saturated rings. The Hall–Kier alpha value is -2.97. The lowest BCUT2D eigenvalue weighted by Gasteiger charge is -2.11. The van der Waals surface area contributed by atoms with Crippen molar-refractivity contribution in [3.63, 3.8) is 0 Å². The van der Waals surface area contributed by atoms with Gasteiger partial charge in [-0.05, 0) is 43.4 Å². The molecule has 0 aliphatic heterocycles. The molecule has 0 aromatic heterocycles. The number of carbonyl (C=O) groups excluding carboxylic acids is 3. The standard InChI is InChI=1S/C19H19ClN4O3S/c1-12-5-4-6-13(11-12)18(27)22-19(28)24-23-17(26)10-9-16(25)21-15-8-3-2-7-14(15)20/h2-8,11H,9-10H2,1H3,(H,21,25)(H,23,26)(H2,22,24,27,28). The van der Waals surface area contributed by atoms with Crippen molar-refractivity contribution in [2.45, 2.75) is 19.8 Å². The predicted molar refractivity (Wildman–Crippen MR) is 112 cm³/mol. The van der Waals surface area contributed by atoms with Crippen LogP contribution in [0, 0.1) is 6.92 Å². The molecule has 2 aromatic carbocycles. The van der Waals surface area contributed by atoms with Crippen molar-refractivity contribution in [2.24, 2.45) is 0 Å². The highest BCUT2D eigenvalue weighted by Gasteiger charge is 2.11. The number of rotatable bonds is 5. The van der Waals surface area contributed by atoms with Crippen molar-refractivity contribution in [1.29, 1.82) is 0 Å². The highest BCUT2D eigenvalue weighted by atomic mass is 35.5. The number of benzene rings is 2. The maximum Gasteiger partial charge on any atom is 0.257 e. The molecule has 7 nitrogen and oxygen atoms in total. The molecule has 28 heavy (non-hydrogen) atoms. The first-order chi connectivity index (χ1) is 13.3. The Balaban J connectivity index is 1.70. The first-order valence-electron chi connectivity index (χ1n) is 8.36. The number of para-hydroxylation sites is 1. The second kappa shape index (κ2) is 10.4. The third kappa shape index (κ3) is 6.98. The summed E-state index contributed by atoms with van der Waals surface area (Å²) in [6.07, 6.45) is -0.112. The van der Waals surface area contributed by atoms with E-state index in [1.54, 1.807) is 42.5 Å². The minimum absolute atomic E-state index is 0.0405. The Morgan fingerprint density at radius 2 is 1.68 bits per heavy atom. The normalized spacial score (nSPS) is 9.93. The molecule has 0 aliphatic carbocycles. The number of aryl methyl sites for hydroxylation is 1. The molecule has 0 saturated carbocycles. The van der Waals surface area contributed by atoms with Crippen molar-refractivity contribution in [1.82, 2.24) is 16.2 Å². The monoisotopic (exact) mass is 418 g/mol. The number of hydrogen-bond donors (Lipinski definition) is 4. The van der Waals surface area contributed by atoms with Crippen LogP contribution in [0.3, 0.4) is 0 Å². The van der Waals surface area contributed by atoms with Gasteiger partial charge >= 0.3 is 0 Å². The van der Waals surface area contributed by atoms with Crippen LogP contribution in [0.25, 0.3) is 0 Å². The molecule has 0 aliphatic rings. The van der Waals surface area contributed by atoms with Crippen LogP contribution in [0.15, 0.2) is 48.5 Å². The van der Waals surface area contributed by atoms with Gasteiger partial charge in [-0.25, -0.2) is 0 Å². The summed E-state index contributed by atoms with van der Waals surface area (Å²) in [5.74, 6) is -1.20. The lowest BCUT2D eigenvalue weighted by atomic mass is 10.1. The topological polar surface area (TPSA) is 99.3 Å². The van der Waals surface area contributed by atoms with Crippen molar-refractivity contribution in [3.05, 3.63) is 64.7 Å². The molecule has 2 aromatic rings. The van der Waals surface area contributed by atoms with Crippen LogP contribution in [0.1, 0.15) is 28.8 Å². The van der Waals surface area contributed by atoms with E-state index in [0.29, 0.717) is 16.3 Å².